The molecule has 0 aliphatic heterocycles. The number of benzene rings is 1. The molecule has 2 aromatic rings. The Morgan fingerprint density at radius 3 is 2.73 bits per heavy atom. The van der Waals surface area contributed by atoms with Gasteiger partial charge in [-0.25, -0.2) is 4.98 Å². The van der Waals surface area contributed by atoms with Crippen LogP contribution in [-0.4, -0.2) is 24.0 Å². The molecule has 4 heteroatoms. The highest BCUT2D eigenvalue weighted by atomic mass is 16.1. The molecule has 2 rings (SSSR count). The summed E-state index contributed by atoms with van der Waals surface area (Å²) in [5.74, 6) is 0.695. The third kappa shape index (κ3) is 5.20. The third-order valence-electron chi connectivity index (χ3n) is 3.40. The van der Waals surface area contributed by atoms with Crippen LogP contribution in [-0.2, 0) is 6.42 Å². The second-order valence-corrected chi connectivity index (χ2v) is 5.20. The Balaban J connectivity index is 1.82. The maximum Gasteiger partial charge on any atom is 0.251 e. The van der Waals surface area contributed by atoms with Crippen molar-refractivity contribution in [3.8, 4) is 0 Å². The van der Waals surface area contributed by atoms with E-state index in [4.69, 9.17) is 0 Å². The summed E-state index contributed by atoms with van der Waals surface area (Å²) in [6.07, 6.45) is 4.72. The molecule has 0 radical (unpaired) electrons. The monoisotopic (exact) mass is 297 g/mol. The minimum absolute atomic E-state index is 0.0585. The van der Waals surface area contributed by atoms with E-state index in [-0.39, 0.29) is 5.91 Å². The summed E-state index contributed by atoms with van der Waals surface area (Å²) in [6.45, 7) is 3.65. The van der Waals surface area contributed by atoms with E-state index >= 15 is 0 Å². The second-order valence-electron chi connectivity index (χ2n) is 5.20. The van der Waals surface area contributed by atoms with E-state index in [2.05, 4.69) is 34.7 Å². The number of pyridine rings is 1. The maximum atomic E-state index is 12.2. The highest BCUT2D eigenvalue weighted by Gasteiger charge is 2.06. The van der Waals surface area contributed by atoms with Crippen LogP contribution in [0.3, 0.4) is 0 Å². The Morgan fingerprint density at radius 2 is 1.95 bits per heavy atom. The molecule has 0 spiro atoms. The number of hydrogen-bond acceptors (Lipinski definition) is 3. The van der Waals surface area contributed by atoms with E-state index < -0.39 is 0 Å². The lowest BCUT2D eigenvalue weighted by Gasteiger charge is -2.08. The number of unbranched alkanes of at least 4 members (excludes halogenated alkanes) is 1. The minimum Gasteiger partial charge on any atom is -0.370 e. The summed E-state index contributed by atoms with van der Waals surface area (Å²) in [5.41, 5.74) is 1.86. The van der Waals surface area contributed by atoms with Crippen molar-refractivity contribution in [3.05, 3.63) is 59.8 Å². The van der Waals surface area contributed by atoms with Gasteiger partial charge in [-0.1, -0.05) is 43.7 Å². The van der Waals surface area contributed by atoms with Crippen LogP contribution in [0.5, 0.6) is 0 Å². The summed E-state index contributed by atoms with van der Waals surface area (Å²) in [4.78, 5) is 16.4. The van der Waals surface area contributed by atoms with Crippen molar-refractivity contribution in [1.82, 2.24) is 10.3 Å². The average molecular weight is 297 g/mol. The molecule has 0 aliphatic rings. The van der Waals surface area contributed by atoms with Gasteiger partial charge in [-0.15, -0.1) is 0 Å². The lowest BCUT2D eigenvalue weighted by molar-refractivity contribution is 0.0954. The molecule has 4 nitrogen and oxygen atoms in total. The van der Waals surface area contributed by atoms with Crippen molar-refractivity contribution in [2.45, 2.75) is 26.2 Å². The maximum absolute atomic E-state index is 12.2. The second kappa shape index (κ2) is 8.82. The number of nitrogens with one attached hydrogen (secondary N) is 2. The van der Waals surface area contributed by atoms with Gasteiger partial charge >= 0.3 is 0 Å². The molecule has 22 heavy (non-hydrogen) atoms. The van der Waals surface area contributed by atoms with E-state index in [1.807, 2.05) is 18.2 Å². The van der Waals surface area contributed by atoms with Gasteiger partial charge in [0.2, 0.25) is 0 Å². The van der Waals surface area contributed by atoms with E-state index in [0.29, 0.717) is 12.1 Å². The molecule has 0 aliphatic carbocycles. The van der Waals surface area contributed by atoms with Gasteiger partial charge in [0.1, 0.15) is 5.82 Å². The van der Waals surface area contributed by atoms with Gasteiger partial charge in [0, 0.05) is 24.8 Å². The normalized spacial score (nSPS) is 10.2. The molecular formula is C18H23N3O. The Labute approximate surface area is 132 Å². The fraction of sp³-hybridized carbons (Fsp3) is 0.333. The van der Waals surface area contributed by atoms with E-state index in [9.17, 15) is 4.79 Å². The third-order valence-corrected chi connectivity index (χ3v) is 3.40. The number of rotatable bonds is 8. The summed E-state index contributed by atoms with van der Waals surface area (Å²) < 4.78 is 0. The van der Waals surface area contributed by atoms with Crippen molar-refractivity contribution in [2.24, 2.45) is 0 Å². The van der Waals surface area contributed by atoms with Crippen molar-refractivity contribution >= 4 is 11.7 Å². The Hall–Kier alpha value is -2.36. The molecular weight excluding hydrogens is 274 g/mol. The molecule has 0 saturated heterocycles. The zero-order valence-electron chi connectivity index (χ0n) is 13.0. The van der Waals surface area contributed by atoms with Crippen LogP contribution in [0, 0.1) is 0 Å². The highest BCUT2D eigenvalue weighted by molar-refractivity contribution is 5.94. The number of carbonyl (C=O) groups is 1. The Morgan fingerprint density at radius 1 is 1.14 bits per heavy atom. The van der Waals surface area contributed by atoms with Crippen molar-refractivity contribution < 1.29 is 4.79 Å². The van der Waals surface area contributed by atoms with Gasteiger partial charge in [-0.3, -0.25) is 4.79 Å². The highest BCUT2D eigenvalue weighted by Crippen LogP contribution is 2.07. The first-order valence-corrected chi connectivity index (χ1v) is 7.81. The molecule has 1 aromatic heterocycles. The summed E-state index contributed by atoms with van der Waals surface area (Å²) in [7, 11) is 0. The molecule has 1 amide bonds. The zero-order valence-corrected chi connectivity index (χ0v) is 13.0. The van der Waals surface area contributed by atoms with Crippen LogP contribution < -0.4 is 10.6 Å². The zero-order chi connectivity index (χ0) is 15.6. The van der Waals surface area contributed by atoms with Crippen molar-refractivity contribution in [2.75, 3.05) is 18.4 Å². The van der Waals surface area contributed by atoms with Crippen LogP contribution in [0.4, 0.5) is 5.82 Å². The topological polar surface area (TPSA) is 54.0 Å². The Kier molecular flexibility index (Phi) is 6.42. The van der Waals surface area contributed by atoms with Gasteiger partial charge in [0.25, 0.3) is 5.91 Å². The fourth-order valence-corrected chi connectivity index (χ4v) is 2.13. The molecule has 2 N–H and O–H groups in total. The van der Waals surface area contributed by atoms with Crippen LogP contribution in [0.2, 0.25) is 0 Å². The number of nitrogens with zero attached hydrogens (tertiary/aromatic N) is 1. The van der Waals surface area contributed by atoms with Gasteiger partial charge in [-0.05, 0) is 30.5 Å². The predicted molar refractivity (Wildman–Crippen MR) is 90.1 cm³/mol. The average Bonchev–Trinajstić information content (AvgIpc) is 2.56. The fourth-order valence-electron chi connectivity index (χ4n) is 2.13. The quantitative estimate of drug-likeness (QED) is 0.735. The van der Waals surface area contributed by atoms with Gasteiger partial charge < -0.3 is 10.6 Å². The number of aromatic nitrogens is 1. The first kappa shape index (κ1) is 16.0. The first-order chi connectivity index (χ1) is 10.8. The number of anilines is 1. The Bertz CT molecular complexity index is 584. The van der Waals surface area contributed by atoms with Crippen molar-refractivity contribution in [1.29, 1.82) is 0 Å². The minimum atomic E-state index is -0.0585. The number of carbonyl (C=O) groups excluding carboxylic acids is 1. The molecule has 0 atom stereocenters. The summed E-state index contributed by atoms with van der Waals surface area (Å²) >= 11 is 0. The van der Waals surface area contributed by atoms with Crippen LogP contribution in [0.1, 0.15) is 35.7 Å². The lowest BCUT2D eigenvalue weighted by atomic mass is 10.1. The molecule has 0 unspecified atom stereocenters. The van der Waals surface area contributed by atoms with Crippen LogP contribution in [0.25, 0.3) is 0 Å². The number of hydrogen-bond donors (Lipinski definition) is 2. The summed E-state index contributed by atoms with van der Waals surface area (Å²) in [5, 5.41) is 6.18. The molecule has 0 bridgehead atoms. The smallest absolute Gasteiger partial charge is 0.251 e. The molecule has 1 aromatic carbocycles. The molecule has 1 heterocycles. The van der Waals surface area contributed by atoms with Gasteiger partial charge in [0.15, 0.2) is 0 Å². The van der Waals surface area contributed by atoms with E-state index in [0.717, 1.165) is 31.6 Å². The molecule has 0 saturated carbocycles. The predicted octanol–water partition coefficient (Wildman–Crippen LogP) is 3.27. The lowest BCUT2D eigenvalue weighted by Crippen LogP contribution is -2.25. The van der Waals surface area contributed by atoms with Gasteiger partial charge in [0.05, 0.1) is 0 Å². The van der Waals surface area contributed by atoms with Crippen LogP contribution in [0.15, 0.2) is 48.7 Å². The van der Waals surface area contributed by atoms with Crippen molar-refractivity contribution in [3.63, 3.8) is 0 Å². The van der Waals surface area contributed by atoms with E-state index in [1.165, 1.54) is 5.56 Å². The van der Waals surface area contributed by atoms with E-state index in [1.54, 1.807) is 18.3 Å². The number of amides is 1. The summed E-state index contributed by atoms with van der Waals surface area (Å²) in [6, 6.07) is 13.7. The largest absolute Gasteiger partial charge is 0.370 e. The molecule has 0 fully saturated rings. The van der Waals surface area contributed by atoms with Gasteiger partial charge in [-0.2, -0.15) is 0 Å². The first-order valence-electron chi connectivity index (χ1n) is 7.81. The SMILES string of the molecule is CCCCNc1cc(C(=O)NCCc2ccccc2)ccn1. The molecule has 116 valence electrons. The van der Waals surface area contributed by atoms with Crippen LogP contribution >= 0.6 is 0 Å². The standard InChI is InChI=1S/C18H23N3O/c1-2-3-11-19-17-14-16(10-13-20-17)18(22)21-12-9-15-7-5-4-6-8-15/h4-8,10,13-14H,2-3,9,11-12H2,1H3,(H,19,20)(H,21,22).